The molecule has 16 heteroatoms. The summed E-state index contributed by atoms with van der Waals surface area (Å²) in [4.78, 5) is 13.2. The molecule has 1 aliphatic heterocycles. The highest BCUT2D eigenvalue weighted by molar-refractivity contribution is 7.44. The van der Waals surface area contributed by atoms with Gasteiger partial charge in [0.25, 0.3) is 8.53 Å². The molecule has 59 heavy (non-hydrogen) atoms. The molecule has 6 rings (SSSR count). The van der Waals surface area contributed by atoms with Crippen molar-refractivity contribution in [2.75, 3.05) is 39.8 Å². The van der Waals surface area contributed by atoms with Gasteiger partial charge in [-0.05, 0) is 68.7 Å². The summed E-state index contributed by atoms with van der Waals surface area (Å²) < 4.78 is 49.5. The third-order valence-corrected chi connectivity index (χ3v) is 12.1. The molecule has 1 aliphatic rings. The van der Waals surface area contributed by atoms with Crippen LogP contribution in [0.25, 0.3) is 11.2 Å². The van der Waals surface area contributed by atoms with E-state index in [2.05, 4.69) is 59.5 Å². The first-order chi connectivity index (χ1) is 28.7. The number of nitrogen functional groups attached to an aromatic ring is 1. The first-order valence-electron chi connectivity index (χ1n) is 19.5. The highest BCUT2D eigenvalue weighted by atomic mass is 31.2. The number of nitriles is 2. The molecule has 0 saturated carbocycles. The van der Waals surface area contributed by atoms with E-state index in [4.69, 9.17) is 38.5 Å². The summed E-state index contributed by atoms with van der Waals surface area (Å²) in [7, 11) is 1.47. The van der Waals surface area contributed by atoms with Crippen LogP contribution in [0.15, 0.2) is 91.5 Å². The molecule has 2 N–H and O–H groups in total. The molecule has 0 spiro atoms. The van der Waals surface area contributed by atoms with E-state index in [1.165, 1.54) is 6.33 Å². The highest BCUT2D eigenvalue weighted by Crippen LogP contribution is 2.51. The third kappa shape index (κ3) is 9.49. The summed E-state index contributed by atoms with van der Waals surface area (Å²) in [6, 6.07) is 29.9. The minimum absolute atomic E-state index is 0.0132. The van der Waals surface area contributed by atoms with Gasteiger partial charge in [-0.1, -0.05) is 54.6 Å². The Kier molecular flexibility index (Phi) is 14.8. The average molecular weight is 823 g/mol. The number of methoxy groups -OCH3 is 2. The Morgan fingerprint density at radius 1 is 0.814 bits per heavy atom. The van der Waals surface area contributed by atoms with Crippen LogP contribution in [0.1, 0.15) is 63.5 Å². The van der Waals surface area contributed by atoms with E-state index < -0.39 is 38.7 Å². The Bertz CT molecular complexity index is 2120. The molecule has 5 aromatic rings. The molecule has 1 unspecified atom stereocenters. The number of nitrogens with two attached hydrogens (primary N) is 1. The number of hydrogen-bond donors (Lipinski definition) is 1. The summed E-state index contributed by atoms with van der Waals surface area (Å²) in [5.41, 5.74) is 8.43. The van der Waals surface area contributed by atoms with Gasteiger partial charge in [-0.3, -0.25) is 4.57 Å². The second-order valence-electron chi connectivity index (χ2n) is 14.3. The van der Waals surface area contributed by atoms with Crippen LogP contribution >= 0.6 is 8.53 Å². The SMILES string of the molecule is COc1ccc(C(OC[C@H]2O[C@@H](n3cnc4c(N)ncnc43)[C@H](OCCC#N)[C@@H]2OP(OCCC#N)N(C(C)C)C(C)C)(c2ccccc2)c2ccc(OC)cc2)cc1. The summed E-state index contributed by atoms with van der Waals surface area (Å²) in [6.07, 6.45) is -0.0416. The van der Waals surface area contributed by atoms with Crippen molar-refractivity contribution in [1.29, 1.82) is 10.5 Å². The van der Waals surface area contributed by atoms with Crippen molar-refractivity contribution >= 4 is 25.5 Å². The maximum absolute atomic E-state index is 9.58. The maximum atomic E-state index is 9.58. The Labute approximate surface area is 346 Å². The standard InChI is InChI=1S/C43H51N8O7P/c1-29(2)51(30(3)4)59(56-25-11-23-45)58-38-36(57-42(39(38)54-24-10-22-44)50-28-49-37-40(46)47-27-48-41(37)50)26-55-43(31-12-8-7-9-13-31,32-14-18-34(52-5)19-15-32)33-16-20-35(53-6)21-17-33/h7-9,12-21,27-30,36,38-39,42H,10-11,24-26H2,1-6H3,(H2,46,47,48)/t36-,38-,39-,42-,59?/m1/s1. The van der Waals surface area contributed by atoms with E-state index >= 15 is 0 Å². The van der Waals surface area contributed by atoms with E-state index in [-0.39, 0.29) is 50.6 Å². The van der Waals surface area contributed by atoms with E-state index in [1.54, 1.807) is 25.1 Å². The van der Waals surface area contributed by atoms with E-state index in [1.807, 2.05) is 78.9 Å². The summed E-state index contributed by atoms with van der Waals surface area (Å²) in [5.74, 6) is 1.60. The molecule has 0 aliphatic carbocycles. The minimum atomic E-state index is -1.79. The van der Waals surface area contributed by atoms with Gasteiger partial charge in [-0.2, -0.15) is 10.5 Å². The van der Waals surface area contributed by atoms with Crippen LogP contribution in [0.3, 0.4) is 0 Å². The normalized spacial score (nSPS) is 18.6. The van der Waals surface area contributed by atoms with Crippen LogP contribution in [0, 0.1) is 22.7 Å². The number of aromatic nitrogens is 4. The number of ether oxygens (including phenoxy) is 5. The van der Waals surface area contributed by atoms with Crippen LogP contribution in [0.5, 0.6) is 11.5 Å². The largest absolute Gasteiger partial charge is 0.497 e. The van der Waals surface area contributed by atoms with E-state index in [0.717, 1.165) is 16.7 Å². The lowest BCUT2D eigenvalue weighted by Crippen LogP contribution is -2.43. The Balaban J connectivity index is 1.50. The van der Waals surface area contributed by atoms with Gasteiger partial charge in [0.05, 0.1) is 65.3 Å². The lowest BCUT2D eigenvalue weighted by Gasteiger charge is -2.39. The average Bonchev–Trinajstić information content (AvgIpc) is 3.83. The minimum Gasteiger partial charge on any atom is -0.497 e. The van der Waals surface area contributed by atoms with Gasteiger partial charge >= 0.3 is 0 Å². The van der Waals surface area contributed by atoms with Crippen molar-refractivity contribution in [2.24, 2.45) is 0 Å². The molecule has 3 heterocycles. The van der Waals surface area contributed by atoms with Gasteiger partial charge in [-0.15, -0.1) is 0 Å². The molecular weight excluding hydrogens is 771 g/mol. The van der Waals surface area contributed by atoms with E-state index in [0.29, 0.717) is 22.7 Å². The van der Waals surface area contributed by atoms with Gasteiger partial charge < -0.3 is 38.5 Å². The predicted molar refractivity (Wildman–Crippen MR) is 222 cm³/mol. The topological polar surface area (TPSA) is 185 Å². The first-order valence-corrected chi connectivity index (χ1v) is 20.6. The molecule has 0 amide bonds. The molecule has 5 atom stereocenters. The molecule has 0 radical (unpaired) electrons. The zero-order valence-electron chi connectivity index (χ0n) is 34.2. The van der Waals surface area contributed by atoms with Crippen LogP contribution in [-0.2, 0) is 28.9 Å². The lowest BCUT2D eigenvalue weighted by atomic mass is 9.80. The molecule has 1 saturated heterocycles. The van der Waals surface area contributed by atoms with Gasteiger partial charge in [0.2, 0.25) is 0 Å². The molecule has 3 aromatic carbocycles. The first kappa shape index (κ1) is 43.4. The fraction of sp³-hybridized carbons (Fsp3) is 0.419. The zero-order valence-corrected chi connectivity index (χ0v) is 35.1. The molecule has 2 aromatic heterocycles. The zero-order chi connectivity index (χ0) is 41.9. The van der Waals surface area contributed by atoms with Crippen LogP contribution in [0.4, 0.5) is 5.82 Å². The molecule has 15 nitrogen and oxygen atoms in total. The second-order valence-corrected chi connectivity index (χ2v) is 15.7. The number of hydrogen-bond acceptors (Lipinski definition) is 14. The van der Waals surface area contributed by atoms with Crippen molar-refractivity contribution in [3.05, 3.63) is 108 Å². The Morgan fingerprint density at radius 2 is 1.41 bits per heavy atom. The van der Waals surface area contributed by atoms with Gasteiger partial charge in [0.15, 0.2) is 17.7 Å². The van der Waals surface area contributed by atoms with Gasteiger partial charge in [0.1, 0.15) is 47.3 Å². The number of nitrogens with zero attached hydrogens (tertiary/aromatic N) is 7. The molecular formula is C43H51N8O7P. The van der Waals surface area contributed by atoms with E-state index in [9.17, 15) is 10.5 Å². The number of imidazole rings is 1. The summed E-state index contributed by atoms with van der Waals surface area (Å²) in [6.45, 7) is 8.52. The van der Waals surface area contributed by atoms with Crippen molar-refractivity contribution in [2.45, 2.75) is 82.8 Å². The van der Waals surface area contributed by atoms with Crippen molar-refractivity contribution in [1.82, 2.24) is 24.2 Å². The number of rotatable bonds is 20. The lowest BCUT2D eigenvalue weighted by molar-refractivity contribution is -0.0952. The Morgan fingerprint density at radius 3 is 1.98 bits per heavy atom. The van der Waals surface area contributed by atoms with Crippen LogP contribution in [-0.4, -0.2) is 88.6 Å². The van der Waals surface area contributed by atoms with Crippen LogP contribution in [0.2, 0.25) is 0 Å². The maximum Gasteiger partial charge on any atom is 0.259 e. The number of benzene rings is 3. The third-order valence-electron chi connectivity index (χ3n) is 9.98. The molecule has 0 bridgehead atoms. The number of anilines is 1. The fourth-order valence-corrected chi connectivity index (χ4v) is 9.12. The fourth-order valence-electron chi connectivity index (χ4n) is 7.35. The highest BCUT2D eigenvalue weighted by Gasteiger charge is 2.51. The number of fused-ring (bicyclic) bond motifs is 1. The predicted octanol–water partition coefficient (Wildman–Crippen LogP) is 7.29. The molecule has 310 valence electrons. The smallest absolute Gasteiger partial charge is 0.259 e. The quantitative estimate of drug-likeness (QED) is 0.0469. The van der Waals surface area contributed by atoms with Crippen molar-refractivity contribution in [3.8, 4) is 23.6 Å². The monoisotopic (exact) mass is 822 g/mol. The van der Waals surface area contributed by atoms with Crippen molar-refractivity contribution < 1.29 is 32.7 Å². The summed E-state index contributed by atoms with van der Waals surface area (Å²) in [5, 5.41) is 19.0. The van der Waals surface area contributed by atoms with Crippen molar-refractivity contribution in [3.63, 3.8) is 0 Å². The Hall–Kier alpha value is -5.22. The van der Waals surface area contributed by atoms with Gasteiger partial charge in [-0.25, -0.2) is 19.6 Å². The summed E-state index contributed by atoms with van der Waals surface area (Å²) >= 11 is 0. The van der Waals surface area contributed by atoms with Gasteiger partial charge in [0, 0.05) is 12.1 Å². The van der Waals surface area contributed by atoms with Crippen LogP contribution < -0.4 is 15.2 Å². The second kappa shape index (κ2) is 20.2. The molecule has 1 fully saturated rings.